The second-order valence-electron chi connectivity index (χ2n) is 6.22. The maximum absolute atomic E-state index is 6.10. The Bertz CT molecular complexity index is 1080. The van der Waals surface area contributed by atoms with Gasteiger partial charge in [0, 0.05) is 22.6 Å². The topological polar surface area (TPSA) is 59.1 Å². The number of hydrogen-bond acceptors (Lipinski definition) is 5. The van der Waals surface area contributed by atoms with Crippen molar-refractivity contribution >= 4 is 40.0 Å². The molecular weight excluding hydrogens is 384 g/mol. The molecule has 0 saturated heterocycles. The predicted molar refractivity (Wildman–Crippen MR) is 122 cm³/mol. The van der Waals surface area contributed by atoms with E-state index in [0.717, 1.165) is 22.2 Å². The van der Waals surface area contributed by atoms with Crippen LogP contribution in [0.2, 0.25) is 5.02 Å². The molecule has 0 aliphatic heterocycles. The summed E-state index contributed by atoms with van der Waals surface area (Å²) in [4.78, 5) is 9.34. The van der Waals surface area contributed by atoms with Gasteiger partial charge in [-0.3, -0.25) is 0 Å². The van der Waals surface area contributed by atoms with Crippen LogP contribution >= 0.6 is 11.6 Å². The lowest BCUT2D eigenvalue weighted by Gasteiger charge is -2.14. The molecule has 1 aromatic heterocycles. The SMILES string of the molecule is C=C/C=C(\C=C/C)CNc1nc(Nc2cccc(Cl)c2)nc2c(OC)cccc12. The normalized spacial score (nSPS) is 11.6. The van der Waals surface area contributed by atoms with Gasteiger partial charge in [-0.2, -0.15) is 4.98 Å². The Kier molecular flexibility index (Phi) is 6.87. The fourth-order valence-electron chi connectivity index (χ4n) is 2.90. The molecule has 0 unspecified atom stereocenters. The molecule has 1 heterocycles. The van der Waals surface area contributed by atoms with Gasteiger partial charge >= 0.3 is 0 Å². The Morgan fingerprint density at radius 2 is 2.03 bits per heavy atom. The second kappa shape index (κ2) is 9.75. The standard InChI is InChI=1S/C23H23ClN4O/c1-4-8-16(9-5-2)15-25-22-19-12-7-13-20(29-3)21(19)27-23(28-22)26-18-11-6-10-17(24)14-18/h4-14H,1,15H2,2-3H3,(H2,25,26,27,28)/b9-5-,16-8+. The van der Waals surface area contributed by atoms with Crippen LogP contribution in [-0.4, -0.2) is 23.6 Å². The Morgan fingerprint density at radius 3 is 2.76 bits per heavy atom. The van der Waals surface area contributed by atoms with Crippen molar-refractivity contribution in [2.75, 3.05) is 24.3 Å². The average molecular weight is 407 g/mol. The molecular formula is C23H23ClN4O. The number of nitrogens with zero attached hydrogens (tertiary/aromatic N) is 2. The summed E-state index contributed by atoms with van der Waals surface area (Å²) in [7, 11) is 1.63. The zero-order valence-corrected chi connectivity index (χ0v) is 17.2. The van der Waals surface area contributed by atoms with Gasteiger partial charge in [-0.25, -0.2) is 4.98 Å². The number of hydrogen-bond donors (Lipinski definition) is 2. The van der Waals surface area contributed by atoms with E-state index in [0.29, 0.717) is 29.1 Å². The molecule has 0 aliphatic carbocycles. The summed E-state index contributed by atoms with van der Waals surface area (Å²) in [6.45, 7) is 6.35. The fourth-order valence-corrected chi connectivity index (χ4v) is 3.09. The Morgan fingerprint density at radius 1 is 1.21 bits per heavy atom. The maximum Gasteiger partial charge on any atom is 0.229 e. The first kappa shape index (κ1) is 20.4. The maximum atomic E-state index is 6.10. The molecule has 0 atom stereocenters. The lowest BCUT2D eigenvalue weighted by Crippen LogP contribution is -2.08. The molecule has 0 saturated carbocycles. The van der Waals surface area contributed by atoms with E-state index in [-0.39, 0.29) is 0 Å². The molecule has 0 spiro atoms. The highest BCUT2D eigenvalue weighted by Gasteiger charge is 2.12. The smallest absolute Gasteiger partial charge is 0.229 e. The van der Waals surface area contributed by atoms with Gasteiger partial charge in [-0.15, -0.1) is 0 Å². The van der Waals surface area contributed by atoms with Crippen molar-refractivity contribution in [1.29, 1.82) is 0 Å². The summed E-state index contributed by atoms with van der Waals surface area (Å²) in [5.41, 5.74) is 2.61. The van der Waals surface area contributed by atoms with E-state index in [1.165, 1.54) is 0 Å². The molecule has 0 aliphatic rings. The van der Waals surface area contributed by atoms with Crippen molar-refractivity contribution < 1.29 is 4.74 Å². The molecule has 0 radical (unpaired) electrons. The molecule has 5 nitrogen and oxygen atoms in total. The molecule has 2 N–H and O–H groups in total. The van der Waals surface area contributed by atoms with Crippen LogP contribution in [-0.2, 0) is 0 Å². The summed E-state index contributed by atoms with van der Waals surface area (Å²) in [5.74, 6) is 1.84. The number of allylic oxidation sites excluding steroid dienone is 3. The molecule has 3 aromatic rings. The van der Waals surface area contributed by atoms with Crippen LogP contribution in [0, 0.1) is 0 Å². The molecule has 0 bridgehead atoms. The summed E-state index contributed by atoms with van der Waals surface area (Å²) < 4.78 is 5.51. The zero-order valence-electron chi connectivity index (χ0n) is 16.4. The minimum atomic E-state index is 0.451. The van der Waals surface area contributed by atoms with Gasteiger partial charge in [0.25, 0.3) is 0 Å². The average Bonchev–Trinajstić information content (AvgIpc) is 2.71. The van der Waals surface area contributed by atoms with Gasteiger partial charge < -0.3 is 15.4 Å². The lowest BCUT2D eigenvalue weighted by atomic mass is 10.2. The number of aromatic nitrogens is 2. The van der Waals surface area contributed by atoms with Gasteiger partial charge in [0.15, 0.2) is 0 Å². The van der Waals surface area contributed by atoms with E-state index in [2.05, 4.69) is 27.2 Å². The number of anilines is 3. The zero-order chi connectivity index (χ0) is 20.6. The van der Waals surface area contributed by atoms with Crippen LogP contribution in [0.4, 0.5) is 17.5 Å². The number of halogens is 1. The van der Waals surface area contributed by atoms with Gasteiger partial charge in [0.05, 0.1) is 7.11 Å². The monoisotopic (exact) mass is 406 g/mol. The van der Waals surface area contributed by atoms with Gasteiger partial charge in [-0.05, 0) is 42.8 Å². The Balaban J connectivity index is 2.02. The molecule has 0 amide bonds. The minimum absolute atomic E-state index is 0.451. The Labute approximate surface area is 175 Å². The predicted octanol–water partition coefficient (Wildman–Crippen LogP) is 6.14. The van der Waals surface area contributed by atoms with Gasteiger partial charge in [-0.1, -0.05) is 54.6 Å². The third-order valence-corrected chi connectivity index (χ3v) is 4.40. The minimum Gasteiger partial charge on any atom is -0.494 e. The molecule has 3 rings (SSSR count). The Hall–Kier alpha value is -3.31. The molecule has 6 heteroatoms. The van der Waals surface area contributed by atoms with E-state index in [1.807, 2.05) is 67.6 Å². The van der Waals surface area contributed by atoms with Crippen molar-refractivity contribution in [3.8, 4) is 5.75 Å². The first-order valence-corrected chi connectivity index (χ1v) is 9.58. The van der Waals surface area contributed by atoms with Crippen molar-refractivity contribution in [3.05, 3.63) is 83.9 Å². The van der Waals surface area contributed by atoms with Crippen molar-refractivity contribution in [2.45, 2.75) is 6.92 Å². The van der Waals surface area contributed by atoms with Gasteiger partial charge in [0.1, 0.15) is 17.1 Å². The summed E-state index contributed by atoms with van der Waals surface area (Å²) >= 11 is 6.10. The fraction of sp³-hybridized carbons (Fsp3) is 0.130. The van der Waals surface area contributed by atoms with Crippen LogP contribution in [0.1, 0.15) is 6.92 Å². The quantitative estimate of drug-likeness (QED) is 0.440. The van der Waals surface area contributed by atoms with Gasteiger partial charge in [0.2, 0.25) is 5.95 Å². The van der Waals surface area contributed by atoms with Crippen LogP contribution in [0.3, 0.4) is 0 Å². The third-order valence-electron chi connectivity index (χ3n) is 4.16. The highest BCUT2D eigenvalue weighted by atomic mass is 35.5. The van der Waals surface area contributed by atoms with E-state index in [9.17, 15) is 0 Å². The molecule has 2 aromatic carbocycles. The van der Waals surface area contributed by atoms with Crippen molar-refractivity contribution in [3.63, 3.8) is 0 Å². The largest absolute Gasteiger partial charge is 0.494 e. The van der Waals surface area contributed by atoms with E-state index in [4.69, 9.17) is 16.3 Å². The van der Waals surface area contributed by atoms with Crippen LogP contribution < -0.4 is 15.4 Å². The highest BCUT2D eigenvalue weighted by molar-refractivity contribution is 6.30. The van der Waals surface area contributed by atoms with Crippen LogP contribution in [0.25, 0.3) is 10.9 Å². The molecule has 148 valence electrons. The number of rotatable bonds is 8. The number of ether oxygens (including phenoxy) is 1. The molecule has 29 heavy (non-hydrogen) atoms. The van der Waals surface area contributed by atoms with E-state index >= 15 is 0 Å². The highest BCUT2D eigenvalue weighted by Crippen LogP contribution is 2.30. The summed E-state index contributed by atoms with van der Waals surface area (Å²) in [5, 5.41) is 8.14. The van der Waals surface area contributed by atoms with E-state index in [1.54, 1.807) is 13.2 Å². The number of methoxy groups -OCH3 is 1. The first-order valence-electron chi connectivity index (χ1n) is 9.20. The van der Waals surface area contributed by atoms with Crippen LogP contribution in [0.15, 0.2) is 78.9 Å². The second-order valence-corrected chi connectivity index (χ2v) is 6.65. The van der Waals surface area contributed by atoms with E-state index < -0.39 is 0 Å². The third kappa shape index (κ3) is 5.15. The number of para-hydroxylation sites is 1. The summed E-state index contributed by atoms with van der Waals surface area (Å²) in [6, 6.07) is 13.2. The number of benzene rings is 2. The molecule has 0 fully saturated rings. The van der Waals surface area contributed by atoms with Crippen LogP contribution in [0.5, 0.6) is 5.75 Å². The lowest BCUT2D eigenvalue weighted by molar-refractivity contribution is 0.419. The number of fused-ring (bicyclic) bond motifs is 1. The summed E-state index contributed by atoms with van der Waals surface area (Å²) in [6.07, 6.45) is 7.75. The first-order chi connectivity index (χ1) is 14.1. The van der Waals surface area contributed by atoms with Crippen molar-refractivity contribution in [2.24, 2.45) is 0 Å². The van der Waals surface area contributed by atoms with Crippen molar-refractivity contribution in [1.82, 2.24) is 9.97 Å². The number of nitrogens with one attached hydrogen (secondary N) is 2.